The Bertz CT molecular complexity index is 622. The van der Waals surface area contributed by atoms with Crippen molar-refractivity contribution in [2.45, 2.75) is 6.42 Å². The van der Waals surface area contributed by atoms with Gasteiger partial charge < -0.3 is 9.73 Å². The highest BCUT2D eigenvalue weighted by Crippen LogP contribution is 2.11. The first-order chi connectivity index (χ1) is 9.65. The number of carbonyl (C=O) groups is 1. The fraction of sp³-hybridized carbons (Fsp3) is 0.133. The maximum atomic E-state index is 13.3. The third-order valence-electron chi connectivity index (χ3n) is 2.64. The molecular formula is C15H13FINO2. The second-order valence-corrected chi connectivity index (χ2v) is 5.17. The van der Waals surface area contributed by atoms with Crippen LogP contribution >= 0.6 is 22.6 Å². The van der Waals surface area contributed by atoms with E-state index in [-0.39, 0.29) is 11.7 Å². The molecule has 0 aliphatic rings. The molecule has 1 heterocycles. The van der Waals surface area contributed by atoms with Crippen LogP contribution in [-0.2, 0) is 11.2 Å². The van der Waals surface area contributed by atoms with Crippen molar-refractivity contribution in [2.75, 3.05) is 6.54 Å². The zero-order valence-electron chi connectivity index (χ0n) is 10.6. The number of halogens is 2. The predicted octanol–water partition coefficient (Wildman–Crippen LogP) is 3.40. The van der Waals surface area contributed by atoms with E-state index in [4.69, 9.17) is 4.42 Å². The summed E-state index contributed by atoms with van der Waals surface area (Å²) in [4.78, 5) is 11.6. The van der Waals surface area contributed by atoms with E-state index in [1.165, 1.54) is 12.1 Å². The Labute approximate surface area is 130 Å². The number of hydrogen-bond donors (Lipinski definition) is 1. The van der Waals surface area contributed by atoms with Gasteiger partial charge in [-0.05, 0) is 58.9 Å². The van der Waals surface area contributed by atoms with Crippen molar-refractivity contribution in [3.05, 3.63) is 63.4 Å². The van der Waals surface area contributed by atoms with Gasteiger partial charge in [-0.1, -0.05) is 18.2 Å². The second kappa shape index (κ2) is 7.23. The third kappa shape index (κ3) is 4.48. The number of rotatable bonds is 5. The summed E-state index contributed by atoms with van der Waals surface area (Å²) in [5, 5.41) is 2.70. The van der Waals surface area contributed by atoms with Crippen LogP contribution in [0.4, 0.5) is 4.39 Å². The Morgan fingerprint density at radius 2 is 2.10 bits per heavy atom. The molecule has 0 saturated carbocycles. The lowest BCUT2D eigenvalue weighted by molar-refractivity contribution is -0.116. The van der Waals surface area contributed by atoms with E-state index in [0.29, 0.717) is 24.3 Å². The average Bonchev–Trinajstić information content (AvgIpc) is 2.84. The van der Waals surface area contributed by atoms with E-state index < -0.39 is 0 Å². The third-order valence-corrected chi connectivity index (χ3v) is 3.22. The van der Waals surface area contributed by atoms with Gasteiger partial charge in [0, 0.05) is 12.6 Å². The van der Waals surface area contributed by atoms with Crippen molar-refractivity contribution in [2.24, 2.45) is 0 Å². The maximum absolute atomic E-state index is 13.3. The molecule has 0 saturated heterocycles. The number of carbonyl (C=O) groups excluding carboxylic acids is 1. The Balaban J connectivity index is 1.78. The van der Waals surface area contributed by atoms with Gasteiger partial charge in [0.05, 0.1) is 0 Å². The van der Waals surface area contributed by atoms with Crippen LogP contribution < -0.4 is 5.32 Å². The Morgan fingerprint density at radius 3 is 2.80 bits per heavy atom. The van der Waals surface area contributed by atoms with E-state index in [0.717, 1.165) is 3.77 Å². The topological polar surface area (TPSA) is 42.2 Å². The van der Waals surface area contributed by atoms with Crippen molar-refractivity contribution in [3.8, 4) is 0 Å². The van der Waals surface area contributed by atoms with Crippen LogP contribution in [0.3, 0.4) is 0 Å². The number of hydrogen-bond acceptors (Lipinski definition) is 2. The predicted molar refractivity (Wildman–Crippen MR) is 83.6 cm³/mol. The molecule has 3 nitrogen and oxygen atoms in total. The van der Waals surface area contributed by atoms with Crippen molar-refractivity contribution >= 4 is 34.6 Å². The van der Waals surface area contributed by atoms with Crippen LogP contribution in [0.25, 0.3) is 6.08 Å². The van der Waals surface area contributed by atoms with Gasteiger partial charge in [0.1, 0.15) is 11.6 Å². The van der Waals surface area contributed by atoms with Crippen LogP contribution in [-0.4, -0.2) is 12.5 Å². The molecule has 1 aromatic carbocycles. The largest absolute Gasteiger partial charge is 0.451 e. The van der Waals surface area contributed by atoms with Crippen LogP contribution in [0, 0.1) is 9.58 Å². The molecule has 1 aromatic heterocycles. The molecule has 1 N–H and O–H groups in total. The molecule has 0 aliphatic heterocycles. The highest BCUT2D eigenvalue weighted by atomic mass is 127. The minimum atomic E-state index is -0.248. The van der Waals surface area contributed by atoms with Gasteiger partial charge in [-0.15, -0.1) is 0 Å². The summed E-state index contributed by atoms with van der Waals surface area (Å²) in [6, 6.07) is 10.1. The number of benzene rings is 1. The molecule has 2 aromatic rings. The molecule has 0 aliphatic carbocycles. The van der Waals surface area contributed by atoms with Gasteiger partial charge in [0.25, 0.3) is 0 Å². The highest BCUT2D eigenvalue weighted by Gasteiger charge is 2.01. The monoisotopic (exact) mass is 385 g/mol. The van der Waals surface area contributed by atoms with E-state index in [1.807, 2.05) is 6.07 Å². The maximum Gasteiger partial charge on any atom is 0.244 e. The molecule has 2 rings (SSSR count). The minimum Gasteiger partial charge on any atom is -0.451 e. The van der Waals surface area contributed by atoms with Crippen LogP contribution in [0.2, 0.25) is 0 Å². The lowest BCUT2D eigenvalue weighted by Crippen LogP contribution is -2.23. The fourth-order valence-electron chi connectivity index (χ4n) is 1.66. The summed E-state index contributed by atoms with van der Waals surface area (Å²) in [5.41, 5.74) is 0.595. The van der Waals surface area contributed by atoms with E-state index >= 15 is 0 Å². The summed E-state index contributed by atoms with van der Waals surface area (Å²) >= 11 is 2.05. The van der Waals surface area contributed by atoms with Gasteiger partial charge >= 0.3 is 0 Å². The molecule has 0 spiro atoms. The molecule has 0 fully saturated rings. The van der Waals surface area contributed by atoms with E-state index in [2.05, 4.69) is 27.9 Å². The first-order valence-electron chi connectivity index (χ1n) is 6.10. The van der Waals surface area contributed by atoms with Crippen LogP contribution in [0.5, 0.6) is 0 Å². The molecule has 1 amide bonds. The smallest absolute Gasteiger partial charge is 0.244 e. The first kappa shape index (κ1) is 14.8. The summed E-state index contributed by atoms with van der Waals surface area (Å²) in [6.45, 7) is 0.389. The summed E-state index contributed by atoms with van der Waals surface area (Å²) in [7, 11) is 0. The minimum absolute atomic E-state index is 0.229. The van der Waals surface area contributed by atoms with Gasteiger partial charge in [0.15, 0.2) is 3.77 Å². The summed E-state index contributed by atoms with van der Waals surface area (Å²) < 4.78 is 19.4. The molecular weight excluding hydrogens is 372 g/mol. The number of furan rings is 1. The zero-order valence-corrected chi connectivity index (χ0v) is 12.8. The summed E-state index contributed by atoms with van der Waals surface area (Å²) in [5.74, 6) is 0.147. The molecule has 20 heavy (non-hydrogen) atoms. The molecule has 104 valence electrons. The lowest BCUT2D eigenvalue weighted by Gasteiger charge is -2.03. The second-order valence-electron chi connectivity index (χ2n) is 4.11. The SMILES string of the molecule is O=C(/C=C/c1ccc(I)o1)NCCc1ccccc1F. The molecule has 5 heteroatoms. The standard InChI is InChI=1S/C15H13FINO2/c16-13-4-2-1-3-11(13)9-10-18-15(19)8-6-12-5-7-14(17)20-12/h1-8H,9-10H2,(H,18,19)/b8-6+. The van der Waals surface area contributed by atoms with Gasteiger partial charge in [-0.25, -0.2) is 4.39 Å². The number of nitrogens with one attached hydrogen (secondary N) is 1. The van der Waals surface area contributed by atoms with Gasteiger partial charge in [0.2, 0.25) is 5.91 Å². The van der Waals surface area contributed by atoms with Crippen molar-refractivity contribution < 1.29 is 13.6 Å². The fourth-order valence-corrected chi connectivity index (χ4v) is 2.09. The molecule has 0 unspecified atom stereocenters. The Kier molecular flexibility index (Phi) is 5.34. The molecule has 0 radical (unpaired) electrons. The van der Waals surface area contributed by atoms with Crippen molar-refractivity contribution in [1.82, 2.24) is 5.32 Å². The quantitative estimate of drug-likeness (QED) is 0.634. The average molecular weight is 385 g/mol. The van der Waals surface area contributed by atoms with E-state index in [1.54, 1.807) is 30.3 Å². The molecule has 0 bridgehead atoms. The Hall–Kier alpha value is -1.63. The lowest BCUT2D eigenvalue weighted by atomic mass is 10.1. The van der Waals surface area contributed by atoms with Crippen molar-refractivity contribution in [1.29, 1.82) is 0 Å². The normalized spacial score (nSPS) is 10.9. The Morgan fingerprint density at radius 1 is 1.30 bits per heavy atom. The van der Waals surface area contributed by atoms with Crippen molar-refractivity contribution in [3.63, 3.8) is 0 Å². The van der Waals surface area contributed by atoms with Crippen LogP contribution in [0.1, 0.15) is 11.3 Å². The first-order valence-corrected chi connectivity index (χ1v) is 7.17. The van der Waals surface area contributed by atoms with E-state index in [9.17, 15) is 9.18 Å². The van der Waals surface area contributed by atoms with Gasteiger partial charge in [-0.3, -0.25) is 4.79 Å². The van der Waals surface area contributed by atoms with Crippen LogP contribution in [0.15, 0.2) is 46.9 Å². The highest BCUT2D eigenvalue weighted by molar-refractivity contribution is 14.1. The zero-order chi connectivity index (χ0) is 14.4. The summed E-state index contributed by atoms with van der Waals surface area (Å²) in [6.07, 6.45) is 3.46. The van der Waals surface area contributed by atoms with Gasteiger partial charge in [-0.2, -0.15) is 0 Å². The molecule has 0 atom stereocenters. The number of amides is 1.